The molecule has 0 spiro atoms. The Hall–Kier alpha value is -1.45. The van der Waals surface area contributed by atoms with Crippen molar-refractivity contribution in [3.05, 3.63) is 42.1 Å². The largest absolute Gasteiger partial charge is 0.271 e. The quantitative estimate of drug-likeness (QED) is 0.639. The zero-order chi connectivity index (χ0) is 12.5. The molecule has 3 N–H and O–H groups in total. The van der Waals surface area contributed by atoms with E-state index in [1.54, 1.807) is 0 Å². The molecule has 0 radical (unpaired) electrons. The maximum Gasteiger partial charge on any atom is 0.0705 e. The van der Waals surface area contributed by atoms with Gasteiger partial charge < -0.3 is 0 Å². The molecule has 1 aliphatic rings. The van der Waals surface area contributed by atoms with Gasteiger partial charge in [-0.25, -0.2) is 0 Å². The second-order valence-corrected chi connectivity index (χ2v) is 5.30. The molecule has 2 aromatic rings. The lowest BCUT2D eigenvalue weighted by atomic mass is 9.90. The predicted molar refractivity (Wildman–Crippen MR) is 73.7 cm³/mol. The van der Waals surface area contributed by atoms with E-state index in [1.807, 2.05) is 12.3 Å². The van der Waals surface area contributed by atoms with Crippen LogP contribution in [0, 0.1) is 11.8 Å². The van der Waals surface area contributed by atoms with Crippen molar-refractivity contribution in [3.8, 4) is 0 Å². The van der Waals surface area contributed by atoms with Crippen LogP contribution >= 0.6 is 0 Å². The lowest BCUT2D eigenvalue weighted by Crippen LogP contribution is -2.33. The van der Waals surface area contributed by atoms with E-state index in [9.17, 15) is 0 Å². The van der Waals surface area contributed by atoms with Crippen LogP contribution in [0.25, 0.3) is 10.9 Å². The Kier molecular flexibility index (Phi) is 3.02. The van der Waals surface area contributed by atoms with E-state index in [4.69, 9.17) is 5.84 Å². The van der Waals surface area contributed by atoms with Crippen LogP contribution in [-0.4, -0.2) is 4.98 Å². The fourth-order valence-electron chi connectivity index (χ4n) is 2.72. The smallest absolute Gasteiger partial charge is 0.0705 e. The zero-order valence-electron chi connectivity index (χ0n) is 10.6. The van der Waals surface area contributed by atoms with Crippen LogP contribution in [0.15, 0.2) is 36.5 Å². The first kappa shape index (κ1) is 11.6. The molecule has 0 aliphatic heterocycles. The van der Waals surface area contributed by atoms with Gasteiger partial charge in [-0.3, -0.25) is 16.3 Å². The zero-order valence-corrected chi connectivity index (χ0v) is 10.6. The van der Waals surface area contributed by atoms with Crippen LogP contribution in [0.3, 0.4) is 0 Å². The number of benzene rings is 1. The van der Waals surface area contributed by atoms with Gasteiger partial charge in [0.1, 0.15) is 0 Å². The summed E-state index contributed by atoms with van der Waals surface area (Å²) in [6.45, 7) is 2.28. The molecule has 0 saturated heterocycles. The van der Waals surface area contributed by atoms with Crippen molar-refractivity contribution in [2.75, 3.05) is 0 Å². The van der Waals surface area contributed by atoms with Crippen molar-refractivity contribution in [1.29, 1.82) is 0 Å². The van der Waals surface area contributed by atoms with Crippen molar-refractivity contribution in [1.82, 2.24) is 10.4 Å². The summed E-state index contributed by atoms with van der Waals surface area (Å²) in [5.74, 6) is 7.15. The molecule has 2 unspecified atom stereocenters. The summed E-state index contributed by atoms with van der Waals surface area (Å²) in [6, 6.07) is 10.7. The number of hydrogen-bond donors (Lipinski definition) is 2. The number of nitrogens with zero attached hydrogens (tertiary/aromatic N) is 1. The van der Waals surface area contributed by atoms with E-state index in [2.05, 4.69) is 41.6 Å². The fraction of sp³-hybridized carbons (Fsp3) is 0.400. The van der Waals surface area contributed by atoms with Crippen LogP contribution in [0.4, 0.5) is 0 Å². The molecule has 0 bridgehead atoms. The first-order chi connectivity index (χ1) is 8.79. The van der Waals surface area contributed by atoms with Crippen molar-refractivity contribution < 1.29 is 0 Å². The second-order valence-electron chi connectivity index (χ2n) is 5.30. The number of rotatable bonds is 4. The number of hydrazine groups is 1. The first-order valence-electron chi connectivity index (χ1n) is 6.60. The highest BCUT2D eigenvalue weighted by atomic mass is 15.2. The third kappa shape index (κ3) is 2.11. The number of aromatic nitrogens is 1. The van der Waals surface area contributed by atoms with E-state index < -0.39 is 0 Å². The molecule has 1 saturated carbocycles. The van der Waals surface area contributed by atoms with Crippen molar-refractivity contribution in [2.24, 2.45) is 17.7 Å². The molecule has 1 aliphatic carbocycles. The van der Waals surface area contributed by atoms with Crippen molar-refractivity contribution in [2.45, 2.75) is 25.8 Å². The Morgan fingerprint density at radius 2 is 2.17 bits per heavy atom. The lowest BCUT2D eigenvalue weighted by molar-refractivity contribution is 0.354. The van der Waals surface area contributed by atoms with E-state index in [0.29, 0.717) is 5.92 Å². The Balaban J connectivity index is 1.95. The minimum atomic E-state index is 0.226. The minimum absolute atomic E-state index is 0.226. The van der Waals surface area contributed by atoms with Gasteiger partial charge in [-0.1, -0.05) is 25.1 Å². The summed E-state index contributed by atoms with van der Waals surface area (Å²) in [5, 5.41) is 1.18. The molecule has 2 atom stereocenters. The van der Waals surface area contributed by atoms with Gasteiger partial charge in [-0.05, 0) is 42.4 Å². The van der Waals surface area contributed by atoms with Crippen LogP contribution in [0.5, 0.6) is 0 Å². The maximum atomic E-state index is 5.74. The van der Waals surface area contributed by atoms with Gasteiger partial charge in [0.2, 0.25) is 0 Å². The topological polar surface area (TPSA) is 50.9 Å². The molecule has 3 rings (SSSR count). The molecular formula is C15H19N3. The maximum absolute atomic E-state index is 5.74. The lowest BCUT2D eigenvalue weighted by Gasteiger charge is -2.23. The number of fused-ring (bicyclic) bond motifs is 1. The van der Waals surface area contributed by atoms with Gasteiger partial charge in [0, 0.05) is 17.6 Å². The van der Waals surface area contributed by atoms with Gasteiger partial charge in [0.05, 0.1) is 5.52 Å². The summed E-state index contributed by atoms with van der Waals surface area (Å²) in [4.78, 5) is 4.41. The molecular weight excluding hydrogens is 222 g/mol. The van der Waals surface area contributed by atoms with E-state index >= 15 is 0 Å². The average molecular weight is 241 g/mol. The standard InChI is InChI=1S/C15H19N3/c1-10(11-4-5-11)15(18-16)13-7-6-12-3-2-8-17-14(12)9-13/h2-3,6-11,15,18H,4-5,16H2,1H3. The van der Waals surface area contributed by atoms with E-state index in [1.165, 1.54) is 23.8 Å². The third-order valence-electron chi connectivity index (χ3n) is 4.06. The first-order valence-corrected chi connectivity index (χ1v) is 6.60. The van der Waals surface area contributed by atoms with Gasteiger partial charge in [-0.15, -0.1) is 0 Å². The summed E-state index contributed by atoms with van der Waals surface area (Å²) < 4.78 is 0. The van der Waals surface area contributed by atoms with Gasteiger partial charge in [0.25, 0.3) is 0 Å². The average Bonchev–Trinajstić information content (AvgIpc) is 3.23. The van der Waals surface area contributed by atoms with Crippen LogP contribution < -0.4 is 11.3 Å². The van der Waals surface area contributed by atoms with Gasteiger partial charge >= 0.3 is 0 Å². The molecule has 1 aromatic carbocycles. The van der Waals surface area contributed by atoms with Crippen molar-refractivity contribution >= 4 is 10.9 Å². The van der Waals surface area contributed by atoms with E-state index in [-0.39, 0.29) is 6.04 Å². The summed E-state index contributed by atoms with van der Waals surface area (Å²) >= 11 is 0. The summed E-state index contributed by atoms with van der Waals surface area (Å²) in [7, 11) is 0. The van der Waals surface area contributed by atoms with Crippen LogP contribution in [0.2, 0.25) is 0 Å². The Bertz CT molecular complexity index is 548. The van der Waals surface area contributed by atoms with Gasteiger partial charge in [0.15, 0.2) is 0 Å². The monoisotopic (exact) mass is 241 g/mol. The Morgan fingerprint density at radius 1 is 1.33 bits per heavy atom. The summed E-state index contributed by atoms with van der Waals surface area (Å²) in [5.41, 5.74) is 5.26. The Morgan fingerprint density at radius 3 is 2.89 bits per heavy atom. The normalized spacial score (nSPS) is 18.8. The molecule has 1 fully saturated rings. The third-order valence-corrected chi connectivity index (χ3v) is 4.06. The SMILES string of the molecule is CC(C1CC1)C(NN)c1ccc2cccnc2c1. The molecule has 18 heavy (non-hydrogen) atoms. The van der Waals surface area contributed by atoms with Crippen molar-refractivity contribution in [3.63, 3.8) is 0 Å². The summed E-state index contributed by atoms with van der Waals surface area (Å²) in [6.07, 6.45) is 4.51. The molecule has 3 heteroatoms. The van der Waals surface area contributed by atoms with Gasteiger partial charge in [-0.2, -0.15) is 0 Å². The molecule has 3 nitrogen and oxygen atoms in total. The van der Waals surface area contributed by atoms with Crippen LogP contribution in [0.1, 0.15) is 31.4 Å². The molecule has 1 aromatic heterocycles. The van der Waals surface area contributed by atoms with E-state index in [0.717, 1.165) is 11.4 Å². The predicted octanol–water partition coefficient (Wildman–Crippen LogP) is 2.79. The number of hydrogen-bond acceptors (Lipinski definition) is 3. The second kappa shape index (κ2) is 4.67. The fourth-order valence-corrected chi connectivity index (χ4v) is 2.72. The molecule has 1 heterocycles. The minimum Gasteiger partial charge on any atom is -0.271 e. The number of pyridine rings is 1. The highest BCUT2D eigenvalue weighted by Crippen LogP contribution is 2.42. The molecule has 0 amide bonds. The highest BCUT2D eigenvalue weighted by Gasteiger charge is 2.33. The molecule has 94 valence electrons. The number of nitrogens with two attached hydrogens (primary N) is 1. The number of nitrogens with one attached hydrogen (secondary N) is 1. The van der Waals surface area contributed by atoms with Crippen LogP contribution in [-0.2, 0) is 0 Å². The Labute approximate surface area is 107 Å². The highest BCUT2D eigenvalue weighted by molar-refractivity contribution is 5.79.